The van der Waals surface area contributed by atoms with Crippen LogP contribution in [0.2, 0.25) is 0 Å². The van der Waals surface area contributed by atoms with Crippen molar-refractivity contribution in [3.8, 4) is 0 Å². The molecule has 2 aromatic rings. The second-order valence-corrected chi connectivity index (χ2v) is 10.0. The molecule has 1 aliphatic rings. The molecule has 0 spiro atoms. The Hall–Kier alpha value is -2.56. The Kier molecular flexibility index (Phi) is 7.47. The average molecular weight is 522 g/mol. The Morgan fingerprint density at radius 1 is 1.12 bits per heavy atom. The number of benzene rings is 2. The number of hydrogen-bond donors (Lipinski definition) is 1. The van der Waals surface area contributed by atoms with E-state index in [1.165, 1.54) is 17.0 Å². The second-order valence-electron chi connectivity index (χ2n) is 7.54. The van der Waals surface area contributed by atoms with Crippen LogP contribution in [-0.2, 0) is 30.8 Å². The van der Waals surface area contributed by atoms with Gasteiger partial charge >= 0.3 is 0 Å². The highest BCUT2D eigenvalue weighted by Crippen LogP contribution is 2.27. The van der Waals surface area contributed by atoms with Crippen molar-refractivity contribution in [2.24, 2.45) is 5.14 Å². The Labute approximate surface area is 195 Å². The summed E-state index contributed by atoms with van der Waals surface area (Å²) in [5.74, 6) is -0.974. The van der Waals surface area contributed by atoms with Crippen molar-refractivity contribution in [3.63, 3.8) is 0 Å². The molecule has 8 nitrogen and oxygen atoms in total. The summed E-state index contributed by atoms with van der Waals surface area (Å²) >= 11 is 3.33. The van der Waals surface area contributed by atoms with Gasteiger partial charge < -0.3 is 4.90 Å². The SMILES string of the molecule is CCCC(=O)N(CCc1ccc(S(N)(=O)=O)cc1)C1CC(=O)N(c2ccc(Br)cc2)C1=O. The lowest BCUT2D eigenvalue weighted by molar-refractivity contribution is -0.138. The highest BCUT2D eigenvalue weighted by atomic mass is 79.9. The maximum atomic E-state index is 13.1. The zero-order chi connectivity index (χ0) is 23.5. The highest BCUT2D eigenvalue weighted by Gasteiger charge is 2.44. The monoisotopic (exact) mass is 521 g/mol. The van der Waals surface area contributed by atoms with Gasteiger partial charge in [-0.15, -0.1) is 0 Å². The van der Waals surface area contributed by atoms with Crippen LogP contribution in [0, 0.1) is 0 Å². The third-order valence-electron chi connectivity index (χ3n) is 5.26. The molecule has 2 N–H and O–H groups in total. The minimum atomic E-state index is -3.79. The van der Waals surface area contributed by atoms with Gasteiger partial charge in [0, 0.05) is 17.4 Å². The van der Waals surface area contributed by atoms with Crippen LogP contribution in [0.5, 0.6) is 0 Å². The number of anilines is 1. The van der Waals surface area contributed by atoms with E-state index in [2.05, 4.69) is 15.9 Å². The van der Waals surface area contributed by atoms with E-state index in [0.29, 0.717) is 18.5 Å². The van der Waals surface area contributed by atoms with Crippen LogP contribution >= 0.6 is 15.9 Å². The van der Waals surface area contributed by atoms with Crippen molar-refractivity contribution in [1.82, 2.24) is 4.90 Å². The molecule has 32 heavy (non-hydrogen) atoms. The fourth-order valence-electron chi connectivity index (χ4n) is 3.63. The number of nitrogens with zero attached hydrogens (tertiary/aromatic N) is 2. The lowest BCUT2D eigenvalue weighted by atomic mass is 10.1. The van der Waals surface area contributed by atoms with Crippen LogP contribution < -0.4 is 10.0 Å². The lowest BCUT2D eigenvalue weighted by Gasteiger charge is -2.28. The standard InChI is InChI=1S/C22H24BrN3O5S/c1-2-3-20(27)25(13-12-15-4-10-18(11-5-15)32(24,30)31)19-14-21(28)26(22(19)29)17-8-6-16(23)7-9-17/h4-11,19H,2-3,12-14H2,1H3,(H2,24,30,31). The van der Waals surface area contributed by atoms with Crippen LogP contribution in [-0.4, -0.2) is 43.6 Å². The molecule has 1 unspecified atom stereocenters. The topological polar surface area (TPSA) is 118 Å². The number of imide groups is 1. The van der Waals surface area contributed by atoms with E-state index in [0.717, 1.165) is 14.9 Å². The van der Waals surface area contributed by atoms with Crippen LogP contribution in [0.1, 0.15) is 31.7 Å². The predicted molar refractivity (Wildman–Crippen MR) is 123 cm³/mol. The van der Waals surface area contributed by atoms with Gasteiger partial charge in [-0.2, -0.15) is 0 Å². The van der Waals surface area contributed by atoms with Gasteiger partial charge in [0.25, 0.3) is 5.91 Å². The number of sulfonamides is 1. The molecule has 3 amide bonds. The van der Waals surface area contributed by atoms with Gasteiger partial charge in [0.15, 0.2) is 0 Å². The van der Waals surface area contributed by atoms with Crippen molar-refractivity contribution in [3.05, 3.63) is 58.6 Å². The molecule has 0 aliphatic carbocycles. The number of halogens is 1. The first kappa shape index (κ1) is 24.1. The fourth-order valence-corrected chi connectivity index (χ4v) is 4.41. The number of carbonyl (C=O) groups is 3. The molecule has 0 saturated carbocycles. The molecule has 2 aromatic carbocycles. The molecule has 10 heteroatoms. The van der Waals surface area contributed by atoms with E-state index >= 15 is 0 Å². The first-order valence-electron chi connectivity index (χ1n) is 10.2. The molecule has 170 valence electrons. The number of nitrogens with two attached hydrogens (primary N) is 1. The summed E-state index contributed by atoms with van der Waals surface area (Å²) < 4.78 is 23.7. The summed E-state index contributed by atoms with van der Waals surface area (Å²) in [7, 11) is -3.79. The van der Waals surface area contributed by atoms with E-state index in [9.17, 15) is 22.8 Å². The zero-order valence-corrected chi connectivity index (χ0v) is 19.9. The molecule has 0 aromatic heterocycles. The molecule has 3 rings (SSSR count). The number of hydrogen-bond acceptors (Lipinski definition) is 5. The van der Waals surface area contributed by atoms with Gasteiger partial charge in [-0.1, -0.05) is 35.0 Å². The quantitative estimate of drug-likeness (QED) is 0.535. The Bertz CT molecular complexity index is 1120. The molecule has 0 radical (unpaired) electrons. The number of amides is 3. The average Bonchev–Trinajstić information content (AvgIpc) is 3.03. The fraction of sp³-hybridized carbons (Fsp3) is 0.318. The minimum Gasteiger partial charge on any atom is -0.330 e. The van der Waals surface area contributed by atoms with Gasteiger partial charge in [0.05, 0.1) is 17.0 Å². The zero-order valence-electron chi connectivity index (χ0n) is 17.5. The van der Waals surface area contributed by atoms with E-state index in [4.69, 9.17) is 5.14 Å². The molecule has 1 atom stereocenters. The first-order chi connectivity index (χ1) is 15.1. The number of carbonyl (C=O) groups excluding carboxylic acids is 3. The molecular formula is C22H24BrN3O5S. The molecule has 1 saturated heterocycles. The molecular weight excluding hydrogens is 498 g/mol. The summed E-state index contributed by atoms with van der Waals surface area (Å²) in [6.45, 7) is 2.10. The van der Waals surface area contributed by atoms with Crippen LogP contribution in [0.25, 0.3) is 0 Å². The minimum absolute atomic E-state index is 0.00173. The molecule has 1 fully saturated rings. The van der Waals surface area contributed by atoms with E-state index in [-0.39, 0.29) is 36.1 Å². The lowest BCUT2D eigenvalue weighted by Crippen LogP contribution is -2.46. The molecule has 0 bridgehead atoms. The maximum absolute atomic E-state index is 13.1. The summed E-state index contributed by atoms with van der Waals surface area (Å²) in [6, 6.07) is 12.0. The van der Waals surface area contributed by atoms with Crippen molar-refractivity contribution >= 4 is 49.4 Å². The van der Waals surface area contributed by atoms with Crippen LogP contribution in [0.15, 0.2) is 57.9 Å². The Balaban J connectivity index is 1.79. The third-order valence-corrected chi connectivity index (χ3v) is 6.72. The van der Waals surface area contributed by atoms with Crippen molar-refractivity contribution < 1.29 is 22.8 Å². The predicted octanol–water partition coefficient (Wildman–Crippen LogP) is 2.60. The smallest absolute Gasteiger partial charge is 0.257 e. The summed E-state index contributed by atoms with van der Waals surface area (Å²) in [6.07, 6.45) is 1.20. The van der Waals surface area contributed by atoms with Gasteiger partial charge in [-0.3, -0.25) is 14.4 Å². The summed E-state index contributed by atoms with van der Waals surface area (Å²) in [4.78, 5) is 41.2. The van der Waals surface area contributed by atoms with E-state index in [1.54, 1.807) is 36.4 Å². The van der Waals surface area contributed by atoms with Gasteiger partial charge in [-0.05, 0) is 54.8 Å². The van der Waals surface area contributed by atoms with E-state index in [1.807, 2.05) is 6.92 Å². The molecule has 1 aliphatic heterocycles. The van der Waals surface area contributed by atoms with Crippen molar-refractivity contribution in [2.45, 2.75) is 43.5 Å². The molecule has 1 heterocycles. The van der Waals surface area contributed by atoms with Crippen molar-refractivity contribution in [2.75, 3.05) is 11.4 Å². The Morgan fingerprint density at radius 3 is 2.31 bits per heavy atom. The summed E-state index contributed by atoms with van der Waals surface area (Å²) in [5, 5.41) is 5.12. The van der Waals surface area contributed by atoms with Gasteiger partial charge in [-0.25, -0.2) is 18.5 Å². The highest BCUT2D eigenvalue weighted by molar-refractivity contribution is 9.10. The second kappa shape index (κ2) is 9.93. The summed E-state index contributed by atoms with van der Waals surface area (Å²) in [5.41, 5.74) is 1.25. The van der Waals surface area contributed by atoms with Gasteiger partial charge in [0.1, 0.15) is 6.04 Å². The van der Waals surface area contributed by atoms with Crippen LogP contribution in [0.4, 0.5) is 5.69 Å². The number of rotatable bonds is 8. The third kappa shape index (κ3) is 5.43. The Morgan fingerprint density at radius 2 is 1.75 bits per heavy atom. The number of primary sulfonamides is 1. The largest absolute Gasteiger partial charge is 0.330 e. The first-order valence-corrected chi connectivity index (χ1v) is 12.5. The maximum Gasteiger partial charge on any atom is 0.257 e. The van der Waals surface area contributed by atoms with Gasteiger partial charge in [0.2, 0.25) is 21.8 Å². The van der Waals surface area contributed by atoms with Crippen LogP contribution in [0.3, 0.4) is 0 Å². The van der Waals surface area contributed by atoms with E-state index < -0.39 is 22.0 Å². The normalized spacial score (nSPS) is 16.5. The van der Waals surface area contributed by atoms with Crippen molar-refractivity contribution in [1.29, 1.82) is 0 Å².